The van der Waals surface area contributed by atoms with Crippen molar-refractivity contribution in [1.29, 1.82) is 0 Å². The number of ketones is 1. The van der Waals surface area contributed by atoms with Crippen LogP contribution in [0.15, 0.2) is 24.3 Å². The smallest absolute Gasteiger partial charge is 0.131 e. The predicted molar refractivity (Wildman–Crippen MR) is 73.1 cm³/mol. The van der Waals surface area contributed by atoms with Crippen LogP contribution in [0, 0.1) is 36.0 Å². The third-order valence-corrected chi connectivity index (χ3v) is 2.09. The highest BCUT2D eigenvalue weighted by Crippen LogP contribution is 2.02. The van der Waals surface area contributed by atoms with Crippen LogP contribution in [0.2, 0.25) is 0 Å². The zero-order valence-corrected chi connectivity index (χ0v) is 10.9. The Bertz CT molecular complexity index is 382. The minimum atomic E-state index is 0.126. The number of carbonyl (C=O) groups excluding carboxylic acids is 1. The Hall–Kier alpha value is -1.73. The van der Waals surface area contributed by atoms with Gasteiger partial charge in [-0.15, -0.1) is 12.3 Å². The Morgan fingerprint density at radius 1 is 1.35 bits per heavy atom. The molecule has 0 aromatic carbocycles. The molecule has 0 saturated carbocycles. The van der Waals surface area contributed by atoms with E-state index in [1.165, 1.54) is 0 Å². The van der Waals surface area contributed by atoms with Crippen LogP contribution in [0.4, 0.5) is 0 Å². The molecule has 0 unspecified atom stereocenters. The number of hydrogen-bond acceptors (Lipinski definition) is 1. The van der Waals surface area contributed by atoms with Crippen molar-refractivity contribution in [3.63, 3.8) is 0 Å². The molecular weight excluding hydrogens is 208 g/mol. The van der Waals surface area contributed by atoms with Crippen molar-refractivity contribution in [3.05, 3.63) is 24.3 Å². The van der Waals surface area contributed by atoms with E-state index in [0.29, 0.717) is 12.3 Å². The van der Waals surface area contributed by atoms with Gasteiger partial charge in [0.05, 0.1) is 0 Å². The van der Waals surface area contributed by atoms with Crippen LogP contribution < -0.4 is 0 Å². The molecule has 90 valence electrons. The van der Waals surface area contributed by atoms with E-state index in [4.69, 9.17) is 6.42 Å². The summed E-state index contributed by atoms with van der Waals surface area (Å²) in [6.45, 7) is 5.61. The van der Waals surface area contributed by atoms with Gasteiger partial charge in [-0.25, -0.2) is 0 Å². The summed E-state index contributed by atoms with van der Waals surface area (Å²) in [6, 6.07) is 0. The molecule has 0 aliphatic carbocycles. The summed E-state index contributed by atoms with van der Waals surface area (Å²) in [5.74, 6) is 9.25. The van der Waals surface area contributed by atoms with Crippen molar-refractivity contribution in [2.75, 3.05) is 0 Å². The van der Waals surface area contributed by atoms with Gasteiger partial charge in [0.1, 0.15) is 5.78 Å². The fourth-order valence-electron chi connectivity index (χ4n) is 1.28. The van der Waals surface area contributed by atoms with Crippen molar-refractivity contribution in [1.82, 2.24) is 0 Å². The summed E-state index contributed by atoms with van der Waals surface area (Å²) in [7, 11) is 0. The fraction of sp³-hybridized carbons (Fsp3) is 0.438. The minimum absolute atomic E-state index is 0.126. The third kappa shape index (κ3) is 10.6. The molecule has 0 heterocycles. The zero-order valence-electron chi connectivity index (χ0n) is 10.9. The van der Waals surface area contributed by atoms with Crippen LogP contribution in [0.1, 0.15) is 33.6 Å². The van der Waals surface area contributed by atoms with Crippen molar-refractivity contribution in [2.24, 2.45) is 11.8 Å². The topological polar surface area (TPSA) is 17.1 Å². The zero-order chi connectivity index (χ0) is 13.1. The second-order valence-corrected chi connectivity index (χ2v) is 4.23. The molecule has 0 amide bonds. The Kier molecular flexibility index (Phi) is 8.53. The van der Waals surface area contributed by atoms with Gasteiger partial charge >= 0.3 is 0 Å². The highest BCUT2D eigenvalue weighted by Gasteiger charge is 1.99. The first kappa shape index (κ1) is 15.3. The van der Waals surface area contributed by atoms with Gasteiger partial charge in [-0.3, -0.25) is 4.79 Å². The molecule has 0 N–H and O–H groups in total. The van der Waals surface area contributed by atoms with E-state index < -0.39 is 0 Å². The van der Waals surface area contributed by atoms with Crippen molar-refractivity contribution < 1.29 is 4.79 Å². The Morgan fingerprint density at radius 2 is 2.06 bits per heavy atom. The van der Waals surface area contributed by atoms with Crippen molar-refractivity contribution in [2.45, 2.75) is 33.6 Å². The van der Waals surface area contributed by atoms with Gasteiger partial charge in [-0.1, -0.05) is 43.9 Å². The van der Waals surface area contributed by atoms with Crippen LogP contribution in [0.5, 0.6) is 0 Å². The SMILES string of the molecule is C#CC[C@@H](C)/C=C/C=C/C#C[C@@H](C)CC(C)=O. The van der Waals surface area contributed by atoms with Gasteiger partial charge in [0.2, 0.25) is 0 Å². The molecule has 1 nitrogen and oxygen atoms in total. The number of terminal acetylenes is 1. The largest absolute Gasteiger partial charge is 0.300 e. The quantitative estimate of drug-likeness (QED) is 0.521. The molecule has 0 aliphatic rings. The number of carbonyl (C=O) groups is 1. The van der Waals surface area contributed by atoms with Gasteiger partial charge in [-0.2, -0.15) is 0 Å². The lowest BCUT2D eigenvalue weighted by Crippen LogP contribution is -1.98. The van der Waals surface area contributed by atoms with Crippen LogP contribution in [-0.2, 0) is 4.79 Å². The molecule has 0 saturated heterocycles. The van der Waals surface area contributed by atoms with E-state index >= 15 is 0 Å². The normalized spacial score (nSPS) is 14.0. The predicted octanol–water partition coefficient (Wildman–Crippen LogP) is 3.38. The molecule has 0 aromatic heterocycles. The summed E-state index contributed by atoms with van der Waals surface area (Å²) in [6.07, 6.45) is 14.2. The first-order chi connectivity index (χ1) is 8.06. The van der Waals surface area contributed by atoms with E-state index in [2.05, 4.69) is 30.8 Å². The molecule has 0 radical (unpaired) electrons. The first-order valence-corrected chi connectivity index (χ1v) is 5.83. The molecule has 0 aromatic rings. The number of Topliss-reactive ketones (excluding diaryl/α,β-unsaturated/α-hetero) is 1. The third-order valence-electron chi connectivity index (χ3n) is 2.09. The number of hydrogen-bond donors (Lipinski definition) is 0. The van der Waals surface area contributed by atoms with Crippen LogP contribution in [0.3, 0.4) is 0 Å². The van der Waals surface area contributed by atoms with E-state index in [0.717, 1.165) is 6.42 Å². The van der Waals surface area contributed by atoms with Crippen LogP contribution in [-0.4, -0.2) is 5.78 Å². The number of allylic oxidation sites excluding steroid dienone is 4. The molecule has 0 rings (SSSR count). The van der Waals surface area contributed by atoms with Crippen LogP contribution in [0.25, 0.3) is 0 Å². The average molecular weight is 228 g/mol. The monoisotopic (exact) mass is 228 g/mol. The Morgan fingerprint density at radius 3 is 2.65 bits per heavy atom. The van der Waals surface area contributed by atoms with Gasteiger partial charge in [0.15, 0.2) is 0 Å². The van der Waals surface area contributed by atoms with Crippen LogP contribution >= 0.6 is 0 Å². The molecule has 0 aliphatic heterocycles. The second kappa shape index (κ2) is 9.49. The number of rotatable bonds is 5. The second-order valence-electron chi connectivity index (χ2n) is 4.23. The van der Waals surface area contributed by atoms with Gasteiger partial charge in [-0.05, 0) is 18.9 Å². The van der Waals surface area contributed by atoms with Gasteiger partial charge in [0.25, 0.3) is 0 Å². The standard InChI is InChI=1S/C16H20O/c1-5-10-14(2)11-8-6-7-9-12-15(3)13-16(4)17/h1,6-8,11,14-15H,10,13H2,2-4H3/b7-6+,11-8+/t14-,15-/m1/s1. The molecule has 1 heteroatoms. The van der Waals surface area contributed by atoms with Crippen molar-refractivity contribution >= 4 is 5.78 Å². The highest BCUT2D eigenvalue weighted by atomic mass is 16.1. The highest BCUT2D eigenvalue weighted by molar-refractivity contribution is 5.76. The lowest BCUT2D eigenvalue weighted by atomic mass is 10.1. The molecule has 0 spiro atoms. The molecule has 17 heavy (non-hydrogen) atoms. The van der Waals surface area contributed by atoms with E-state index in [1.807, 2.05) is 19.1 Å². The summed E-state index contributed by atoms with van der Waals surface area (Å²) >= 11 is 0. The maximum atomic E-state index is 10.8. The first-order valence-electron chi connectivity index (χ1n) is 5.83. The van der Waals surface area contributed by atoms with E-state index in [-0.39, 0.29) is 11.7 Å². The summed E-state index contributed by atoms with van der Waals surface area (Å²) in [5.41, 5.74) is 0. The van der Waals surface area contributed by atoms with Crippen molar-refractivity contribution in [3.8, 4) is 24.2 Å². The molecule has 0 fully saturated rings. The maximum absolute atomic E-state index is 10.8. The molecule has 0 bridgehead atoms. The van der Waals surface area contributed by atoms with E-state index in [1.54, 1.807) is 13.0 Å². The summed E-state index contributed by atoms with van der Waals surface area (Å²) < 4.78 is 0. The Balaban J connectivity index is 4.00. The maximum Gasteiger partial charge on any atom is 0.131 e. The van der Waals surface area contributed by atoms with E-state index in [9.17, 15) is 4.79 Å². The minimum Gasteiger partial charge on any atom is -0.300 e. The summed E-state index contributed by atoms with van der Waals surface area (Å²) in [4.78, 5) is 10.8. The van der Waals surface area contributed by atoms with Gasteiger partial charge < -0.3 is 0 Å². The molecular formula is C16H20O. The van der Waals surface area contributed by atoms with Gasteiger partial charge in [0, 0.05) is 18.8 Å². The fourth-order valence-corrected chi connectivity index (χ4v) is 1.28. The lowest BCUT2D eigenvalue weighted by molar-refractivity contribution is -0.117. The molecule has 2 atom stereocenters. The average Bonchev–Trinajstić information content (AvgIpc) is 2.22. The Labute approximate surface area is 105 Å². The lowest BCUT2D eigenvalue weighted by Gasteiger charge is -1.96. The summed E-state index contributed by atoms with van der Waals surface area (Å²) in [5, 5.41) is 0.